The molecule has 1 N–H and O–H groups in total. The predicted octanol–water partition coefficient (Wildman–Crippen LogP) is 2.40. The van der Waals surface area contributed by atoms with Crippen LogP contribution >= 0.6 is 0 Å². The van der Waals surface area contributed by atoms with Gasteiger partial charge >= 0.3 is 0 Å². The van der Waals surface area contributed by atoms with Crippen LogP contribution in [0.25, 0.3) is 0 Å². The zero-order chi connectivity index (χ0) is 17.6. The molecular weight excluding hydrogens is 323 g/mol. The predicted molar refractivity (Wildman–Crippen MR) is 89.3 cm³/mol. The number of amides is 1. The van der Waals surface area contributed by atoms with Gasteiger partial charge in [-0.2, -0.15) is 5.26 Å². The third-order valence-electron chi connectivity index (χ3n) is 4.36. The van der Waals surface area contributed by atoms with Crippen molar-refractivity contribution in [3.8, 4) is 6.07 Å². The highest BCUT2D eigenvalue weighted by atomic mass is 19.1. The first-order valence-electron chi connectivity index (χ1n) is 8.27. The van der Waals surface area contributed by atoms with E-state index in [-0.39, 0.29) is 23.3 Å². The number of nitrogens with zero attached hydrogens (tertiary/aromatic N) is 3. The molecule has 0 aromatic carbocycles. The summed E-state index contributed by atoms with van der Waals surface area (Å²) in [4.78, 5) is 18.0. The van der Waals surface area contributed by atoms with E-state index in [1.54, 1.807) is 12.5 Å². The fourth-order valence-corrected chi connectivity index (χ4v) is 3.04. The third-order valence-corrected chi connectivity index (χ3v) is 4.36. The third kappa shape index (κ3) is 4.15. The minimum atomic E-state index is -0.503. The molecular formula is C18H19FN4O2. The van der Waals surface area contributed by atoms with Crippen LogP contribution in [0.4, 0.5) is 10.2 Å². The van der Waals surface area contributed by atoms with Gasteiger partial charge in [0.2, 0.25) is 5.91 Å². The van der Waals surface area contributed by atoms with Gasteiger partial charge in [-0.3, -0.25) is 4.79 Å². The van der Waals surface area contributed by atoms with Gasteiger partial charge in [0, 0.05) is 31.7 Å². The summed E-state index contributed by atoms with van der Waals surface area (Å²) in [5, 5.41) is 11.7. The van der Waals surface area contributed by atoms with E-state index in [0.29, 0.717) is 25.9 Å². The second kappa shape index (κ2) is 7.79. The topological polar surface area (TPSA) is 82.2 Å². The van der Waals surface area contributed by atoms with Crippen molar-refractivity contribution in [3.05, 3.63) is 47.8 Å². The molecule has 0 saturated carbocycles. The van der Waals surface area contributed by atoms with Gasteiger partial charge in [0.25, 0.3) is 0 Å². The molecule has 2 aromatic rings. The molecule has 1 fully saturated rings. The maximum atomic E-state index is 14.2. The van der Waals surface area contributed by atoms with Crippen LogP contribution in [-0.4, -0.2) is 30.0 Å². The van der Waals surface area contributed by atoms with Gasteiger partial charge in [0.05, 0.1) is 18.1 Å². The standard InChI is InChI=1S/C18H19FN4O2/c19-16-8-14(9-20)10-22-18(16)23-6-1-2-15(23)11-21-17(24)4-3-13-5-7-25-12-13/h5,7-8,10,12,15H,1-4,6,11H2,(H,21,24). The summed E-state index contributed by atoms with van der Waals surface area (Å²) in [6.45, 7) is 1.14. The Morgan fingerprint density at radius 2 is 2.44 bits per heavy atom. The first-order valence-corrected chi connectivity index (χ1v) is 8.27. The smallest absolute Gasteiger partial charge is 0.220 e. The minimum Gasteiger partial charge on any atom is -0.472 e. The summed E-state index contributed by atoms with van der Waals surface area (Å²) in [7, 11) is 0. The van der Waals surface area contributed by atoms with E-state index in [1.807, 2.05) is 17.0 Å². The number of rotatable bonds is 6. The Balaban J connectivity index is 1.55. The number of furan rings is 1. The number of hydrogen-bond acceptors (Lipinski definition) is 5. The number of aryl methyl sites for hydroxylation is 1. The number of carbonyl (C=O) groups excluding carboxylic acids is 1. The maximum absolute atomic E-state index is 14.2. The second-order valence-corrected chi connectivity index (χ2v) is 6.07. The quantitative estimate of drug-likeness (QED) is 0.872. The molecule has 0 bridgehead atoms. The average Bonchev–Trinajstić information content (AvgIpc) is 3.29. The zero-order valence-corrected chi connectivity index (χ0v) is 13.7. The number of aromatic nitrogens is 1. The van der Waals surface area contributed by atoms with Crippen LogP contribution in [0.3, 0.4) is 0 Å². The highest BCUT2D eigenvalue weighted by molar-refractivity contribution is 5.76. The molecule has 130 valence electrons. The summed E-state index contributed by atoms with van der Waals surface area (Å²) < 4.78 is 19.2. The Kier molecular flexibility index (Phi) is 5.29. The summed E-state index contributed by atoms with van der Waals surface area (Å²) in [6.07, 6.45) is 7.38. The number of carbonyl (C=O) groups is 1. The Morgan fingerprint density at radius 3 is 3.16 bits per heavy atom. The number of halogens is 1. The molecule has 1 aliphatic rings. The lowest BCUT2D eigenvalue weighted by Crippen LogP contribution is -2.41. The molecule has 1 amide bonds. The van der Waals surface area contributed by atoms with Gasteiger partial charge < -0.3 is 14.6 Å². The molecule has 1 saturated heterocycles. The van der Waals surface area contributed by atoms with E-state index < -0.39 is 5.82 Å². The molecule has 7 heteroatoms. The normalized spacial score (nSPS) is 16.6. The Bertz CT molecular complexity index is 770. The van der Waals surface area contributed by atoms with Crippen LogP contribution in [-0.2, 0) is 11.2 Å². The molecule has 1 unspecified atom stereocenters. The number of nitrogens with one attached hydrogen (secondary N) is 1. The van der Waals surface area contributed by atoms with Crippen LogP contribution in [0.2, 0.25) is 0 Å². The average molecular weight is 342 g/mol. The molecule has 6 nitrogen and oxygen atoms in total. The van der Waals surface area contributed by atoms with Crippen LogP contribution in [0.5, 0.6) is 0 Å². The largest absolute Gasteiger partial charge is 0.472 e. The lowest BCUT2D eigenvalue weighted by molar-refractivity contribution is -0.121. The summed E-state index contributed by atoms with van der Waals surface area (Å²) >= 11 is 0. The molecule has 3 rings (SSSR count). The number of nitriles is 1. The fraction of sp³-hybridized carbons (Fsp3) is 0.389. The van der Waals surface area contributed by atoms with Crippen molar-refractivity contribution in [2.24, 2.45) is 0 Å². The molecule has 0 spiro atoms. The number of hydrogen-bond donors (Lipinski definition) is 1. The molecule has 2 aromatic heterocycles. The fourth-order valence-electron chi connectivity index (χ4n) is 3.04. The van der Waals surface area contributed by atoms with E-state index in [9.17, 15) is 9.18 Å². The lowest BCUT2D eigenvalue weighted by atomic mass is 10.1. The maximum Gasteiger partial charge on any atom is 0.220 e. The van der Waals surface area contributed by atoms with Crippen molar-refractivity contribution in [1.82, 2.24) is 10.3 Å². The second-order valence-electron chi connectivity index (χ2n) is 6.07. The first-order chi connectivity index (χ1) is 12.2. The molecule has 3 heterocycles. The van der Waals surface area contributed by atoms with E-state index in [1.165, 1.54) is 12.3 Å². The minimum absolute atomic E-state index is 0.00723. The van der Waals surface area contributed by atoms with Crippen LogP contribution in [0.15, 0.2) is 35.3 Å². The Morgan fingerprint density at radius 1 is 1.56 bits per heavy atom. The van der Waals surface area contributed by atoms with Gasteiger partial charge in [-0.25, -0.2) is 9.37 Å². The summed E-state index contributed by atoms with van der Waals surface area (Å²) in [5.41, 5.74) is 1.19. The number of pyridine rings is 1. The molecule has 1 aliphatic heterocycles. The van der Waals surface area contributed by atoms with Gasteiger partial charge in [-0.1, -0.05) is 0 Å². The van der Waals surface area contributed by atoms with Crippen LogP contribution < -0.4 is 10.2 Å². The molecule has 1 atom stereocenters. The van der Waals surface area contributed by atoms with Crippen molar-refractivity contribution in [1.29, 1.82) is 5.26 Å². The zero-order valence-electron chi connectivity index (χ0n) is 13.7. The Labute approximate surface area is 145 Å². The van der Waals surface area contributed by atoms with Gasteiger partial charge in [0.15, 0.2) is 11.6 Å². The van der Waals surface area contributed by atoms with Gasteiger partial charge in [-0.15, -0.1) is 0 Å². The highest BCUT2D eigenvalue weighted by Gasteiger charge is 2.28. The van der Waals surface area contributed by atoms with Crippen molar-refractivity contribution in [2.75, 3.05) is 18.0 Å². The monoisotopic (exact) mass is 342 g/mol. The number of anilines is 1. The van der Waals surface area contributed by atoms with E-state index in [2.05, 4.69) is 10.3 Å². The lowest BCUT2D eigenvalue weighted by Gasteiger charge is -2.26. The molecule has 25 heavy (non-hydrogen) atoms. The SMILES string of the molecule is N#Cc1cnc(N2CCCC2CNC(=O)CCc2ccoc2)c(F)c1. The van der Waals surface area contributed by atoms with Crippen LogP contribution in [0.1, 0.15) is 30.4 Å². The van der Waals surface area contributed by atoms with E-state index in [0.717, 1.165) is 18.4 Å². The summed E-state index contributed by atoms with van der Waals surface area (Å²) in [6, 6.07) is 4.92. The van der Waals surface area contributed by atoms with E-state index in [4.69, 9.17) is 9.68 Å². The van der Waals surface area contributed by atoms with Gasteiger partial charge in [0.1, 0.15) is 6.07 Å². The molecule has 0 radical (unpaired) electrons. The van der Waals surface area contributed by atoms with E-state index >= 15 is 0 Å². The van der Waals surface area contributed by atoms with Crippen molar-refractivity contribution >= 4 is 11.7 Å². The first kappa shape index (κ1) is 17.0. The van der Waals surface area contributed by atoms with Crippen molar-refractivity contribution < 1.29 is 13.6 Å². The molecule has 0 aliphatic carbocycles. The summed E-state index contributed by atoms with van der Waals surface area (Å²) in [5.74, 6) is -0.298. The highest BCUT2D eigenvalue weighted by Crippen LogP contribution is 2.26. The van der Waals surface area contributed by atoms with Crippen molar-refractivity contribution in [3.63, 3.8) is 0 Å². The van der Waals surface area contributed by atoms with Crippen LogP contribution in [0, 0.1) is 17.1 Å². The van der Waals surface area contributed by atoms with Gasteiger partial charge in [-0.05, 0) is 37.0 Å². The Hall–Kier alpha value is -2.88. The van der Waals surface area contributed by atoms with Crippen molar-refractivity contribution in [2.45, 2.75) is 31.7 Å².